The maximum atomic E-state index is 6.05. The molecule has 0 saturated heterocycles. The molecule has 0 spiro atoms. The van der Waals surface area contributed by atoms with E-state index in [0.717, 1.165) is 5.75 Å². The molecule has 0 fully saturated rings. The Morgan fingerprint density at radius 3 is 1.86 bits per heavy atom. The molecule has 0 saturated carbocycles. The van der Waals surface area contributed by atoms with E-state index >= 15 is 0 Å². The third kappa shape index (κ3) is 5.17. The van der Waals surface area contributed by atoms with Gasteiger partial charge in [0.15, 0.2) is 5.75 Å². The Balaban J connectivity index is 2.61. The van der Waals surface area contributed by atoms with Crippen LogP contribution in [0.5, 0.6) is 5.75 Å². The minimum Gasteiger partial charge on any atom is -0.336 e. The first-order valence-electron chi connectivity index (χ1n) is 10.5. The normalized spacial score (nSPS) is 13.8. The van der Waals surface area contributed by atoms with Crippen LogP contribution in [0.1, 0.15) is 90.8 Å². The average Bonchev–Trinajstić information content (AvgIpc) is 2.59. The second kappa shape index (κ2) is 8.69. The molecule has 154 valence electrons. The fourth-order valence-electron chi connectivity index (χ4n) is 4.24. The fourth-order valence-corrected chi connectivity index (χ4v) is 4.24. The average molecular weight is 383 g/mol. The smallest absolute Gasteiger partial charge is 0.172 e. The third-order valence-electron chi connectivity index (χ3n) is 5.34. The van der Waals surface area contributed by atoms with Gasteiger partial charge in [0.05, 0.1) is 0 Å². The zero-order valence-electron chi connectivity index (χ0n) is 19.2. The van der Waals surface area contributed by atoms with Crippen LogP contribution in [0.4, 0.5) is 0 Å². The predicted molar refractivity (Wildman–Crippen MR) is 119 cm³/mol. The molecule has 2 rings (SSSR count). The molecular formula is C26H38O2. The summed E-state index contributed by atoms with van der Waals surface area (Å²) in [6.45, 7) is 19.7. The number of hydrogen-bond donors (Lipinski definition) is 0. The van der Waals surface area contributed by atoms with Gasteiger partial charge in [0.25, 0.3) is 0 Å². The van der Waals surface area contributed by atoms with Crippen molar-refractivity contribution in [1.29, 1.82) is 0 Å². The van der Waals surface area contributed by atoms with Crippen LogP contribution >= 0.6 is 0 Å². The highest BCUT2D eigenvalue weighted by molar-refractivity contribution is 5.48. The zero-order valence-corrected chi connectivity index (χ0v) is 19.2. The molecule has 0 aliphatic carbocycles. The summed E-state index contributed by atoms with van der Waals surface area (Å²) in [5, 5.41) is 0. The summed E-state index contributed by atoms with van der Waals surface area (Å²) in [5.41, 5.74) is 3.25. The van der Waals surface area contributed by atoms with E-state index < -0.39 is 0 Å². The largest absolute Gasteiger partial charge is 0.336 e. The van der Waals surface area contributed by atoms with Crippen LogP contribution in [0.2, 0.25) is 0 Å². The van der Waals surface area contributed by atoms with Crippen LogP contribution in [0.3, 0.4) is 0 Å². The Hall–Kier alpha value is -1.80. The molecule has 1 atom stereocenters. The van der Waals surface area contributed by atoms with Gasteiger partial charge in [0.1, 0.15) is 5.60 Å². The van der Waals surface area contributed by atoms with Gasteiger partial charge in [-0.3, -0.25) is 0 Å². The lowest BCUT2D eigenvalue weighted by Gasteiger charge is -2.39. The fraction of sp³-hybridized carbons (Fsp3) is 0.538. The molecule has 2 heteroatoms. The quantitative estimate of drug-likeness (QED) is 0.362. The topological polar surface area (TPSA) is 18.5 Å². The van der Waals surface area contributed by atoms with Crippen molar-refractivity contribution in [1.82, 2.24) is 0 Å². The molecule has 0 radical (unpaired) electrons. The van der Waals surface area contributed by atoms with E-state index in [9.17, 15) is 0 Å². The molecule has 2 aromatic carbocycles. The molecule has 0 bridgehead atoms. The number of hydrogen-bond acceptors (Lipinski definition) is 2. The van der Waals surface area contributed by atoms with E-state index in [1.165, 1.54) is 16.7 Å². The number of para-hydroxylation sites is 1. The second-order valence-electron chi connectivity index (χ2n) is 10.0. The Morgan fingerprint density at radius 2 is 1.36 bits per heavy atom. The highest BCUT2D eigenvalue weighted by atomic mass is 17.2. The zero-order chi connectivity index (χ0) is 21.1. The van der Waals surface area contributed by atoms with Crippen molar-refractivity contribution in [2.75, 3.05) is 0 Å². The van der Waals surface area contributed by atoms with Gasteiger partial charge in [-0.25, -0.2) is 0 Å². The Bertz CT molecular complexity index is 752. The summed E-state index contributed by atoms with van der Waals surface area (Å²) in [5.74, 6) is 2.06. The Labute approximate surface area is 172 Å². The highest BCUT2D eigenvalue weighted by Crippen LogP contribution is 2.48. The van der Waals surface area contributed by atoms with Gasteiger partial charge in [-0.15, -0.1) is 0 Å². The molecule has 28 heavy (non-hydrogen) atoms. The minimum atomic E-state index is -0.373. The Morgan fingerprint density at radius 1 is 0.750 bits per heavy atom. The summed E-state index contributed by atoms with van der Waals surface area (Å²) in [4.78, 5) is 11.8. The maximum absolute atomic E-state index is 6.05. The van der Waals surface area contributed by atoms with Crippen LogP contribution in [0, 0.1) is 5.92 Å². The molecule has 0 aliphatic heterocycles. The van der Waals surface area contributed by atoms with E-state index in [1.54, 1.807) is 0 Å². The lowest BCUT2D eigenvalue weighted by Crippen LogP contribution is -2.32. The predicted octanol–water partition coefficient (Wildman–Crippen LogP) is 7.64. The van der Waals surface area contributed by atoms with Crippen molar-refractivity contribution in [3.8, 4) is 5.75 Å². The lowest BCUT2D eigenvalue weighted by molar-refractivity contribution is -0.275. The van der Waals surface area contributed by atoms with Crippen LogP contribution in [0.15, 0.2) is 48.5 Å². The molecule has 0 N–H and O–H groups in total. The monoisotopic (exact) mass is 382 g/mol. The number of benzene rings is 2. The SMILES string of the molecule is CC(C)c1cccc(C(C)(C)C(c2ccccc2)C(C)C)c1OOC(C)(C)C. The maximum Gasteiger partial charge on any atom is 0.172 e. The summed E-state index contributed by atoms with van der Waals surface area (Å²) >= 11 is 0. The molecular weight excluding hydrogens is 344 g/mol. The standard InChI is InChI=1S/C26H38O2/c1-18(2)21-16-13-17-22(24(21)27-28-25(5,6)7)26(8,9)23(19(3)4)20-14-11-10-12-15-20/h10-19,23H,1-9H3. The number of rotatable bonds is 7. The molecule has 2 nitrogen and oxygen atoms in total. The van der Waals surface area contributed by atoms with Gasteiger partial charge in [-0.1, -0.05) is 90.1 Å². The van der Waals surface area contributed by atoms with Crippen LogP contribution in [-0.4, -0.2) is 5.60 Å². The molecule has 0 aromatic heterocycles. The van der Waals surface area contributed by atoms with Crippen molar-refractivity contribution >= 4 is 0 Å². The Kier molecular flexibility index (Phi) is 6.98. The third-order valence-corrected chi connectivity index (χ3v) is 5.34. The van der Waals surface area contributed by atoms with Gasteiger partial charge in [-0.05, 0) is 44.1 Å². The molecule has 2 aromatic rings. The van der Waals surface area contributed by atoms with Crippen molar-refractivity contribution in [3.63, 3.8) is 0 Å². The van der Waals surface area contributed by atoms with E-state index in [1.807, 2.05) is 20.8 Å². The van der Waals surface area contributed by atoms with Gasteiger partial charge in [-0.2, -0.15) is 4.89 Å². The summed E-state index contributed by atoms with van der Waals surface area (Å²) in [6.07, 6.45) is 0. The first-order valence-corrected chi connectivity index (χ1v) is 10.5. The highest BCUT2D eigenvalue weighted by Gasteiger charge is 2.38. The summed E-state index contributed by atoms with van der Waals surface area (Å²) in [7, 11) is 0. The van der Waals surface area contributed by atoms with Crippen LogP contribution in [-0.2, 0) is 10.3 Å². The van der Waals surface area contributed by atoms with Gasteiger partial charge in [0, 0.05) is 16.5 Å². The van der Waals surface area contributed by atoms with Gasteiger partial charge < -0.3 is 4.89 Å². The lowest BCUT2D eigenvalue weighted by atomic mass is 9.65. The van der Waals surface area contributed by atoms with Crippen LogP contribution in [0.25, 0.3) is 0 Å². The summed E-state index contributed by atoms with van der Waals surface area (Å²) in [6, 6.07) is 17.3. The van der Waals surface area contributed by atoms with Gasteiger partial charge in [0.2, 0.25) is 0 Å². The molecule has 0 heterocycles. The van der Waals surface area contributed by atoms with Crippen LogP contribution < -0.4 is 4.89 Å². The molecule has 0 amide bonds. The molecule has 0 aliphatic rings. The van der Waals surface area contributed by atoms with E-state index in [-0.39, 0.29) is 11.0 Å². The first kappa shape index (κ1) is 22.5. The van der Waals surface area contributed by atoms with Crippen molar-refractivity contribution in [3.05, 3.63) is 65.2 Å². The van der Waals surface area contributed by atoms with Gasteiger partial charge >= 0.3 is 0 Å². The van der Waals surface area contributed by atoms with E-state index in [2.05, 4.69) is 90.1 Å². The first-order chi connectivity index (χ1) is 12.9. The van der Waals surface area contributed by atoms with E-state index in [4.69, 9.17) is 9.78 Å². The summed E-state index contributed by atoms with van der Waals surface area (Å²) < 4.78 is 0. The minimum absolute atomic E-state index is 0.128. The second-order valence-corrected chi connectivity index (χ2v) is 10.0. The van der Waals surface area contributed by atoms with Crippen molar-refractivity contribution in [2.24, 2.45) is 5.92 Å². The van der Waals surface area contributed by atoms with E-state index in [0.29, 0.717) is 17.8 Å². The van der Waals surface area contributed by atoms with Crippen molar-refractivity contribution < 1.29 is 9.78 Å². The molecule has 1 unspecified atom stereocenters. The van der Waals surface area contributed by atoms with Crippen molar-refractivity contribution in [2.45, 2.75) is 85.2 Å².